The van der Waals surface area contributed by atoms with Crippen molar-refractivity contribution in [2.75, 3.05) is 40.1 Å². The lowest BCUT2D eigenvalue weighted by Crippen LogP contribution is -2.44. The van der Waals surface area contributed by atoms with Crippen molar-refractivity contribution in [3.63, 3.8) is 0 Å². The maximum Gasteiger partial charge on any atom is 0.231 e. The van der Waals surface area contributed by atoms with Crippen LogP contribution in [-0.4, -0.2) is 46.1 Å². The van der Waals surface area contributed by atoms with Crippen LogP contribution in [0, 0.1) is 5.41 Å². The number of fused-ring (bicyclic) bond motifs is 1. The van der Waals surface area contributed by atoms with Gasteiger partial charge in [0.1, 0.15) is 0 Å². The second-order valence-corrected chi connectivity index (χ2v) is 7.44. The summed E-state index contributed by atoms with van der Waals surface area (Å²) in [6.07, 6.45) is 7.24. The topological polar surface area (TPSA) is 64.1 Å². The van der Waals surface area contributed by atoms with E-state index in [9.17, 15) is 0 Å². The molecule has 2 N–H and O–H groups in total. The predicted octanol–water partition coefficient (Wildman–Crippen LogP) is 3.73. The van der Waals surface area contributed by atoms with Crippen LogP contribution in [0.1, 0.15) is 44.6 Å². The highest BCUT2D eigenvalue weighted by atomic mass is 127. The molecule has 1 aliphatic heterocycles. The van der Waals surface area contributed by atoms with Crippen LogP contribution in [0.3, 0.4) is 0 Å². The van der Waals surface area contributed by atoms with Crippen molar-refractivity contribution >= 4 is 29.9 Å². The number of nitrogens with zero attached hydrogens (tertiary/aromatic N) is 1. The SMILES string of the molecule is CCOCCC1(CNC(=NC)NCCc2ccc3c(c2)OCO3)CCCC1.I. The molecule has 158 valence electrons. The Kier molecular flexibility index (Phi) is 9.64. The Morgan fingerprint density at radius 2 is 1.96 bits per heavy atom. The first-order chi connectivity index (χ1) is 13.2. The zero-order chi connectivity index (χ0) is 19.0. The first kappa shape index (κ1) is 23.1. The van der Waals surface area contributed by atoms with Gasteiger partial charge in [-0.3, -0.25) is 4.99 Å². The van der Waals surface area contributed by atoms with Gasteiger partial charge in [-0.15, -0.1) is 24.0 Å². The third-order valence-corrected chi connectivity index (χ3v) is 5.64. The van der Waals surface area contributed by atoms with E-state index in [0.717, 1.165) is 56.6 Å². The van der Waals surface area contributed by atoms with Crippen LogP contribution < -0.4 is 20.1 Å². The molecule has 0 spiro atoms. The van der Waals surface area contributed by atoms with Gasteiger partial charge in [-0.2, -0.15) is 0 Å². The molecular formula is C21H34IN3O3. The zero-order valence-corrected chi connectivity index (χ0v) is 19.4. The van der Waals surface area contributed by atoms with Crippen molar-refractivity contribution in [3.8, 4) is 11.5 Å². The summed E-state index contributed by atoms with van der Waals surface area (Å²) in [4.78, 5) is 4.38. The summed E-state index contributed by atoms with van der Waals surface area (Å²) >= 11 is 0. The van der Waals surface area contributed by atoms with Crippen LogP contribution in [0.4, 0.5) is 0 Å². The number of halogens is 1. The molecule has 1 heterocycles. The van der Waals surface area contributed by atoms with E-state index >= 15 is 0 Å². The fraction of sp³-hybridized carbons (Fsp3) is 0.667. The summed E-state index contributed by atoms with van der Waals surface area (Å²) in [5.74, 6) is 2.55. The monoisotopic (exact) mass is 503 g/mol. The van der Waals surface area contributed by atoms with Gasteiger partial charge >= 0.3 is 0 Å². The van der Waals surface area contributed by atoms with Crippen molar-refractivity contribution in [2.45, 2.75) is 45.4 Å². The van der Waals surface area contributed by atoms with Gasteiger partial charge in [0.25, 0.3) is 0 Å². The second-order valence-electron chi connectivity index (χ2n) is 7.44. The number of hydrogen-bond donors (Lipinski definition) is 2. The van der Waals surface area contributed by atoms with Crippen molar-refractivity contribution in [1.29, 1.82) is 0 Å². The molecule has 0 atom stereocenters. The van der Waals surface area contributed by atoms with Gasteiger partial charge in [-0.25, -0.2) is 0 Å². The Balaban J connectivity index is 0.00000280. The van der Waals surface area contributed by atoms with E-state index in [2.05, 4.69) is 34.7 Å². The zero-order valence-electron chi connectivity index (χ0n) is 17.1. The smallest absolute Gasteiger partial charge is 0.231 e. The molecule has 2 aliphatic rings. The summed E-state index contributed by atoms with van der Waals surface area (Å²) in [5.41, 5.74) is 1.58. The minimum absolute atomic E-state index is 0. The Labute approximate surface area is 185 Å². The lowest BCUT2D eigenvalue weighted by atomic mass is 9.83. The first-order valence-electron chi connectivity index (χ1n) is 10.2. The lowest BCUT2D eigenvalue weighted by molar-refractivity contribution is 0.105. The summed E-state index contributed by atoms with van der Waals surface area (Å²) in [7, 11) is 1.83. The fourth-order valence-corrected chi connectivity index (χ4v) is 3.99. The number of hydrogen-bond acceptors (Lipinski definition) is 4. The molecule has 0 aromatic heterocycles. The summed E-state index contributed by atoms with van der Waals surface area (Å²) in [5, 5.41) is 6.98. The number of aliphatic imine (C=N–C) groups is 1. The average Bonchev–Trinajstić information content (AvgIpc) is 3.34. The number of guanidine groups is 1. The van der Waals surface area contributed by atoms with Gasteiger partial charge in [0.05, 0.1) is 0 Å². The average molecular weight is 503 g/mol. The Bertz CT molecular complexity index is 633. The summed E-state index contributed by atoms with van der Waals surface area (Å²) in [6.45, 7) is 5.82. The molecule has 1 aromatic rings. The van der Waals surface area contributed by atoms with Crippen LogP contribution in [-0.2, 0) is 11.2 Å². The van der Waals surface area contributed by atoms with Gasteiger partial charge in [0.15, 0.2) is 17.5 Å². The molecular weight excluding hydrogens is 469 g/mol. The number of ether oxygens (including phenoxy) is 3. The minimum atomic E-state index is 0. The van der Waals surface area contributed by atoms with Crippen LogP contribution in [0.25, 0.3) is 0 Å². The van der Waals surface area contributed by atoms with Gasteiger partial charge < -0.3 is 24.8 Å². The summed E-state index contributed by atoms with van der Waals surface area (Å²) < 4.78 is 16.4. The minimum Gasteiger partial charge on any atom is -0.454 e. The molecule has 0 saturated heterocycles. The second kappa shape index (κ2) is 11.7. The van der Waals surface area contributed by atoms with E-state index in [0.29, 0.717) is 12.2 Å². The molecule has 1 aliphatic carbocycles. The van der Waals surface area contributed by atoms with Gasteiger partial charge in [-0.1, -0.05) is 18.9 Å². The van der Waals surface area contributed by atoms with Crippen LogP contribution in [0.5, 0.6) is 11.5 Å². The molecule has 28 heavy (non-hydrogen) atoms. The Hall–Kier alpha value is -1.22. The molecule has 1 saturated carbocycles. The highest BCUT2D eigenvalue weighted by Crippen LogP contribution is 2.40. The van der Waals surface area contributed by atoms with Crippen LogP contribution in [0.2, 0.25) is 0 Å². The fourth-order valence-electron chi connectivity index (χ4n) is 3.99. The molecule has 0 amide bonds. The lowest BCUT2D eigenvalue weighted by Gasteiger charge is -2.30. The maximum absolute atomic E-state index is 5.61. The predicted molar refractivity (Wildman–Crippen MR) is 123 cm³/mol. The van der Waals surface area contributed by atoms with Gasteiger partial charge in [0.2, 0.25) is 6.79 Å². The third-order valence-electron chi connectivity index (χ3n) is 5.64. The molecule has 0 bridgehead atoms. The molecule has 0 unspecified atom stereocenters. The number of nitrogens with one attached hydrogen (secondary N) is 2. The van der Waals surface area contributed by atoms with E-state index in [1.165, 1.54) is 31.2 Å². The van der Waals surface area contributed by atoms with Crippen molar-refractivity contribution in [1.82, 2.24) is 10.6 Å². The van der Waals surface area contributed by atoms with Crippen molar-refractivity contribution in [2.24, 2.45) is 10.4 Å². The summed E-state index contributed by atoms with van der Waals surface area (Å²) in [6, 6.07) is 6.13. The first-order valence-corrected chi connectivity index (χ1v) is 10.2. The quantitative estimate of drug-likeness (QED) is 0.233. The highest BCUT2D eigenvalue weighted by Gasteiger charge is 2.33. The maximum atomic E-state index is 5.61. The standard InChI is InChI=1S/C21H33N3O3.HI/c1-3-25-13-11-21(9-4-5-10-21)15-24-20(22-2)23-12-8-17-6-7-18-19(14-17)27-16-26-18;/h6-7,14H,3-5,8-13,15-16H2,1-2H3,(H2,22,23,24);1H. The van der Waals surface area contributed by atoms with Crippen molar-refractivity contribution < 1.29 is 14.2 Å². The molecule has 7 heteroatoms. The number of rotatable bonds is 9. The Morgan fingerprint density at radius 3 is 2.71 bits per heavy atom. The molecule has 0 radical (unpaired) electrons. The van der Waals surface area contributed by atoms with E-state index < -0.39 is 0 Å². The van der Waals surface area contributed by atoms with E-state index in [1.807, 2.05) is 13.1 Å². The largest absolute Gasteiger partial charge is 0.454 e. The highest BCUT2D eigenvalue weighted by molar-refractivity contribution is 14.0. The van der Waals surface area contributed by atoms with E-state index in [4.69, 9.17) is 14.2 Å². The normalized spacial score (nSPS) is 17.3. The number of benzene rings is 1. The van der Waals surface area contributed by atoms with Crippen molar-refractivity contribution in [3.05, 3.63) is 23.8 Å². The van der Waals surface area contributed by atoms with E-state index in [1.54, 1.807) is 0 Å². The van der Waals surface area contributed by atoms with E-state index in [-0.39, 0.29) is 24.0 Å². The molecule has 1 aromatic carbocycles. The van der Waals surface area contributed by atoms with Gasteiger partial charge in [0, 0.05) is 33.4 Å². The Morgan fingerprint density at radius 1 is 1.18 bits per heavy atom. The third kappa shape index (κ3) is 6.40. The van der Waals surface area contributed by atoms with Crippen LogP contribution >= 0.6 is 24.0 Å². The van der Waals surface area contributed by atoms with Gasteiger partial charge in [-0.05, 0) is 55.7 Å². The molecule has 3 rings (SSSR count). The molecule has 6 nitrogen and oxygen atoms in total. The van der Waals surface area contributed by atoms with Crippen LogP contribution in [0.15, 0.2) is 23.2 Å². The molecule has 1 fully saturated rings.